The molecule has 0 saturated heterocycles. The van der Waals surface area contributed by atoms with Crippen LogP contribution in [0.25, 0.3) is 0 Å². The van der Waals surface area contributed by atoms with Gasteiger partial charge in [0.15, 0.2) is 0 Å². The Kier molecular flexibility index (Phi) is 4.57. The summed E-state index contributed by atoms with van der Waals surface area (Å²) in [5.41, 5.74) is 2.93. The quantitative estimate of drug-likeness (QED) is 0.806. The number of urea groups is 1. The van der Waals surface area contributed by atoms with Crippen LogP contribution in [0.3, 0.4) is 0 Å². The first-order chi connectivity index (χ1) is 11.5. The van der Waals surface area contributed by atoms with Crippen molar-refractivity contribution < 1.29 is 9.90 Å². The van der Waals surface area contributed by atoms with Crippen LogP contribution in [0.1, 0.15) is 36.5 Å². The Balaban J connectivity index is 1.62. The Morgan fingerprint density at radius 2 is 2.17 bits per heavy atom. The van der Waals surface area contributed by atoms with Crippen LogP contribution < -0.4 is 10.6 Å². The summed E-state index contributed by atoms with van der Waals surface area (Å²) in [5, 5.41) is 20.2. The van der Waals surface area contributed by atoms with Gasteiger partial charge in [-0.25, -0.2) is 4.79 Å². The molecule has 1 aromatic heterocycles. The number of aromatic nitrogens is 2. The number of nitrogens with zero attached hydrogens (tertiary/aromatic N) is 2. The molecular weight excluding hydrogens is 304 g/mol. The minimum absolute atomic E-state index is 0.111. The molecule has 2 amide bonds. The maximum atomic E-state index is 12.2. The average molecular weight is 328 g/mol. The lowest BCUT2D eigenvalue weighted by Crippen LogP contribution is -2.40. The van der Waals surface area contributed by atoms with Crippen molar-refractivity contribution in [2.75, 3.05) is 11.9 Å². The van der Waals surface area contributed by atoms with Crippen LogP contribution in [-0.2, 0) is 25.5 Å². The second-order valence-corrected chi connectivity index (χ2v) is 6.63. The molecule has 0 bridgehead atoms. The van der Waals surface area contributed by atoms with Gasteiger partial charge in [-0.1, -0.05) is 12.1 Å². The lowest BCUT2D eigenvalue weighted by Gasteiger charge is -2.23. The standard InChI is InChI=1S/C18H24N4O2/c1-18(24,14-10-20-22(2)11-14)12-19-17(23)21-16-9-5-7-13-6-3-4-8-15(13)16/h5,7,9-11,24H,3-4,6,8,12H2,1-2H3,(H2,19,21,23). The molecule has 1 heterocycles. The Morgan fingerprint density at radius 1 is 1.38 bits per heavy atom. The van der Waals surface area contributed by atoms with Gasteiger partial charge >= 0.3 is 6.03 Å². The molecule has 128 valence electrons. The van der Waals surface area contributed by atoms with E-state index in [9.17, 15) is 9.90 Å². The topological polar surface area (TPSA) is 79.2 Å². The highest BCUT2D eigenvalue weighted by molar-refractivity contribution is 5.90. The molecule has 24 heavy (non-hydrogen) atoms. The number of hydrogen-bond donors (Lipinski definition) is 3. The van der Waals surface area contributed by atoms with Crippen molar-refractivity contribution in [2.45, 2.75) is 38.2 Å². The Hall–Kier alpha value is -2.34. The van der Waals surface area contributed by atoms with Gasteiger partial charge in [-0.05, 0) is 49.8 Å². The number of carbonyl (C=O) groups excluding carboxylic acids is 1. The number of rotatable bonds is 4. The maximum Gasteiger partial charge on any atom is 0.319 e. The van der Waals surface area contributed by atoms with Gasteiger partial charge in [0.25, 0.3) is 0 Å². The van der Waals surface area contributed by atoms with E-state index in [1.54, 1.807) is 31.0 Å². The molecule has 0 spiro atoms. The van der Waals surface area contributed by atoms with Crippen molar-refractivity contribution in [1.29, 1.82) is 0 Å². The number of carbonyl (C=O) groups is 1. The van der Waals surface area contributed by atoms with Gasteiger partial charge in [0.2, 0.25) is 0 Å². The lowest BCUT2D eigenvalue weighted by molar-refractivity contribution is 0.0599. The van der Waals surface area contributed by atoms with Crippen molar-refractivity contribution >= 4 is 11.7 Å². The smallest absolute Gasteiger partial charge is 0.319 e. The van der Waals surface area contributed by atoms with E-state index in [2.05, 4.69) is 21.8 Å². The van der Waals surface area contributed by atoms with Crippen LogP contribution in [0.5, 0.6) is 0 Å². The largest absolute Gasteiger partial charge is 0.383 e. The third kappa shape index (κ3) is 3.59. The molecule has 0 fully saturated rings. The van der Waals surface area contributed by atoms with Gasteiger partial charge in [-0.15, -0.1) is 0 Å². The van der Waals surface area contributed by atoms with Crippen molar-refractivity contribution in [2.24, 2.45) is 7.05 Å². The summed E-state index contributed by atoms with van der Waals surface area (Å²) >= 11 is 0. The number of aryl methyl sites for hydroxylation is 2. The number of benzene rings is 1. The molecule has 0 aliphatic heterocycles. The molecule has 1 aliphatic carbocycles. The first-order valence-electron chi connectivity index (χ1n) is 8.33. The minimum atomic E-state index is -1.16. The number of anilines is 1. The van der Waals surface area contributed by atoms with E-state index in [1.165, 1.54) is 17.5 Å². The predicted molar refractivity (Wildman–Crippen MR) is 92.9 cm³/mol. The van der Waals surface area contributed by atoms with Crippen LogP contribution in [0.2, 0.25) is 0 Å². The number of hydrogen-bond acceptors (Lipinski definition) is 3. The Morgan fingerprint density at radius 3 is 2.92 bits per heavy atom. The summed E-state index contributed by atoms with van der Waals surface area (Å²) in [5.74, 6) is 0. The van der Waals surface area contributed by atoms with Crippen LogP contribution in [0.15, 0.2) is 30.6 Å². The summed E-state index contributed by atoms with van der Waals surface area (Å²) < 4.78 is 1.63. The molecule has 3 N–H and O–H groups in total. The van der Waals surface area contributed by atoms with Gasteiger partial charge in [0.1, 0.15) is 5.60 Å². The fraction of sp³-hybridized carbons (Fsp3) is 0.444. The number of amides is 2. The third-order valence-electron chi connectivity index (χ3n) is 4.56. The van der Waals surface area contributed by atoms with Crippen molar-refractivity contribution in [3.63, 3.8) is 0 Å². The second kappa shape index (κ2) is 6.65. The summed E-state index contributed by atoms with van der Waals surface area (Å²) in [4.78, 5) is 12.2. The van der Waals surface area contributed by atoms with Gasteiger partial charge in [-0.2, -0.15) is 5.10 Å². The number of fused-ring (bicyclic) bond motifs is 1. The van der Waals surface area contributed by atoms with Gasteiger partial charge < -0.3 is 15.7 Å². The van der Waals surface area contributed by atoms with Crippen LogP contribution in [0.4, 0.5) is 10.5 Å². The fourth-order valence-corrected chi connectivity index (χ4v) is 3.12. The molecule has 1 aliphatic rings. The molecule has 3 rings (SSSR count). The zero-order chi connectivity index (χ0) is 17.2. The van der Waals surface area contributed by atoms with Crippen molar-refractivity contribution in [3.05, 3.63) is 47.3 Å². The summed E-state index contributed by atoms with van der Waals surface area (Å²) in [7, 11) is 1.79. The SMILES string of the molecule is Cn1cc(C(C)(O)CNC(=O)Nc2cccc3c2CCCC3)cn1. The average Bonchev–Trinajstić information content (AvgIpc) is 3.01. The van der Waals surface area contributed by atoms with Crippen molar-refractivity contribution in [1.82, 2.24) is 15.1 Å². The normalized spacial score (nSPS) is 16.1. The van der Waals surface area contributed by atoms with E-state index in [0.29, 0.717) is 5.56 Å². The Labute approximate surface area is 141 Å². The number of nitrogens with one attached hydrogen (secondary N) is 2. The van der Waals surface area contributed by atoms with Crippen LogP contribution in [0, 0.1) is 0 Å². The van der Waals surface area contributed by atoms with Gasteiger partial charge in [-0.3, -0.25) is 4.68 Å². The third-order valence-corrected chi connectivity index (χ3v) is 4.56. The molecule has 1 atom stereocenters. The van der Waals surface area contributed by atoms with Gasteiger partial charge in [0.05, 0.1) is 12.7 Å². The van der Waals surface area contributed by atoms with Crippen LogP contribution in [-0.4, -0.2) is 27.5 Å². The van der Waals surface area contributed by atoms with Crippen molar-refractivity contribution in [3.8, 4) is 0 Å². The van der Waals surface area contributed by atoms with E-state index in [4.69, 9.17) is 0 Å². The number of aliphatic hydroxyl groups is 1. The molecule has 2 aromatic rings. The predicted octanol–water partition coefficient (Wildman–Crippen LogP) is 2.33. The summed E-state index contributed by atoms with van der Waals surface area (Å²) in [6, 6.07) is 5.73. The monoisotopic (exact) mass is 328 g/mol. The van der Waals surface area contributed by atoms with E-state index in [-0.39, 0.29) is 12.6 Å². The first-order valence-corrected chi connectivity index (χ1v) is 8.33. The zero-order valence-corrected chi connectivity index (χ0v) is 14.2. The summed E-state index contributed by atoms with van der Waals surface area (Å²) in [6.45, 7) is 1.77. The zero-order valence-electron chi connectivity index (χ0n) is 14.2. The highest BCUT2D eigenvalue weighted by atomic mass is 16.3. The molecule has 0 radical (unpaired) electrons. The molecule has 6 heteroatoms. The highest BCUT2D eigenvalue weighted by Crippen LogP contribution is 2.27. The van der Waals surface area contributed by atoms with E-state index >= 15 is 0 Å². The summed E-state index contributed by atoms with van der Waals surface area (Å²) in [6.07, 6.45) is 7.78. The van der Waals surface area contributed by atoms with E-state index in [0.717, 1.165) is 24.9 Å². The highest BCUT2D eigenvalue weighted by Gasteiger charge is 2.25. The Bertz CT molecular complexity index is 736. The molecule has 1 unspecified atom stereocenters. The molecule has 6 nitrogen and oxygen atoms in total. The molecular formula is C18H24N4O2. The first kappa shape index (κ1) is 16.5. The fourth-order valence-electron chi connectivity index (χ4n) is 3.12. The lowest BCUT2D eigenvalue weighted by atomic mass is 9.90. The van der Waals surface area contributed by atoms with Crippen LogP contribution >= 0.6 is 0 Å². The van der Waals surface area contributed by atoms with E-state index < -0.39 is 5.60 Å². The second-order valence-electron chi connectivity index (χ2n) is 6.63. The molecule has 1 aromatic carbocycles. The van der Waals surface area contributed by atoms with Gasteiger partial charge in [0, 0.05) is 24.5 Å². The van der Waals surface area contributed by atoms with E-state index in [1.807, 2.05) is 12.1 Å². The molecule has 0 saturated carbocycles. The minimum Gasteiger partial charge on any atom is -0.383 e. The maximum absolute atomic E-state index is 12.2.